The Morgan fingerprint density at radius 1 is 0.942 bits per heavy atom. The lowest BCUT2D eigenvalue weighted by Crippen LogP contribution is -2.42. The van der Waals surface area contributed by atoms with Crippen LogP contribution in [0.5, 0.6) is 17.2 Å². The number of hydrogen-bond donors (Lipinski definition) is 1. The molecule has 52 heavy (non-hydrogen) atoms. The van der Waals surface area contributed by atoms with E-state index in [1.165, 1.54) is 33.5 Å². The molecule has 2 fully saturated rings. The largest absolute Gasteiger partial charge is 0.493 e. The fraction of sp³-hybridized carbons (Fsp3) is 0.400. The summed E-state index contributed by atoms with van der Waals surface area (Å²) in [5.41, 5.74) is 2.54. The number of carbonyl (C=O) groups is 1. The second kappa shape index (κ2) is 14.9. The molecule has 10 nitrogen and oxygen atoms in total. The van der Waals surface area contributed by atoms with Crippen LogP contribution in [-0.4, -0.2) is 85.4 Å². The first-order chi connectivity index (χ1) is 25.2. The Balaban J connectivity index is 1.04. The highest BCUT2D eigenvalue weighted by atomic mass is 19.2. The summed E-state index contributed by atoms with van der Waals surface area (Å²) >= 11 is 0. The molecule has 0 radical (unpaired) electrons. The second-order valence-electron chi connectivity index (χ2n) is 13.8. The van der Waals surface area contributed by atoms with Crippen LogP contribution in [0.25, 0.3) is 11.0 Å². The number of halogens is 2. The minimum Gasteiger partial charge on any atom is -0.493 e. The number of amides is 1. The summed E-state index contributed by atoms with van der Waals surface area (Å²) in [5, 5.41) is 3.72. The number of fused-ring (bicyclic) bond motifs is 1. The van der Waals surface area contributed by atoms with Crippen molar-refractivity contribution in [1.82, 2.24) is 19.4 Å². The lowest BCUT2D eigenvalue weighted by atomic mass is 9.76. The van der Waals surface area contributed by atoms with Gasteiger partial charge in [0.25, 0.3) is 5.91 Å². The number of furan rings is 1. The Kier molecular flexibility index (Phi) is 10.1. The zero-order valence-electron chi connectivity index (χ0n) is 30.1. The maximum absolute atomic E-state index is 14.7. The summed E-state index contributed by atoms with van der Waals surface area (Å²) in [4.78, 5) is 23.1. The molecule has 274 valence electrons. The molecule has 1 N–H and O–H groups in total. The molecular formula is C40H45F2N5O5. The van der Waals surface area contributed by atoms with E-state index >= 15 is 0 Å². The highest BCUT2D eigenvalue weighted by Crippen LogP contribution is 2.42. The minimum absolute atomic E-state index is 0.191. The quantitative estimate of drug-likeness (QED) is 0.147. The number of hydrogen-bond acceptors (Lipinski definition) is 8. The van der Waals surface area contributed by atoms with E-state index < -0.39 is 17.0 Å². The summed E-state index contributed by atoms with van der Waals surface area (Å²) in [6.45, 7) is 5.88. The number of methoxy groups -OCH3 is 3. The van der Waals surface area contributed by atoms with Gasteiger partial charge in [0.15, 0.2) is 23.1 Å². The van der Waals surface area contributed by atoms with Crippen molar-refractivity contribution in [2.75, 3.05) is 59.4 Å². The lowest BCUT2D eigenvalue weighted by molar-refractivity contribution is 0.0779. The number of rotatable bonds is 12. The van der Waals surface area contributed by atoms with Crippen LogP contribution in [0.15, 0.2) is 71.1 Å². The molecule has 5 aromatic rings. The average molecular weight is 714 g/mol. The van der Waals surface area contributed by atoms with Crippen LogP contribution in [-0.2, 0) is 12.0 Å². The number of nitrogens with zero attached hydrogens (tertiary/aromatic N) is 4. The second-order valence-corrected chi connectivity index (χ2v) is 13.8. The summed E-state index contributed by atoms with van der Waals surface area (Å²) in [7, 11) is 4.53. The van der Waals surface area contributed by atoms with Crippen molar-refractivity contribution in [1.29, 1.82) is 0 Å². The highest BCUT2D eigenvalue weighted by Gasteiger charge is 2.42. The molecule has 0 saturated carbocycles. The van der Waals surface area contributed by atoms with E-state index in [1.54, 1.807) is 23.1 Å². The number of imidazole rings is 1. The number of benzene rings is 3. The van der Waals surface area contributed by atoms with Crippen molar-refractivity contribution in [3.8, 4) is 17.2 Å². The Bertz CT molecular complexity index is 2030. The molecule has 2 aromatic heterocycles. The van der Waals surface area contributed by atoms with E-state index in [0.717, 1.165) is 61.0 Å². The van der Waals surface area contributed by atoms with Gasteiger partial charge < -0.3 is 38.3 Å². The van der Waals surface area contributed by atoms with Gasteiger partial charge in [-0.1, -0.05) is 18.2 Å². The van der Waals surface area contributed by atoms with Gasteiger partial charge in [0.2, 0.25) is 11.7 Å². The maximum Gasteiger partial charge on any atom is 0.254 e. The van der Waals surface area contributed by atoms with Gasteiger partial charge in [-0.15, -0.1) is 0 Å². The smallest absolute Gasteiger partial charge is 0.254 e. The zero-order valence-corrected chi connectivity index (χ0v) is 30.1. The topological polar surface area (TPSA) is 94.2 Å². The fourth-order valence-electron chi connectivity index (χ4n) is 7.77. The van der Waals surface area contributed by atoms with Crippen LogP contribution in [0.4, 0.5) is 14.7 Å². The molecule has 1 unspecified atom stereocenters. The molecule has 12 heteroatoms. The average Bonchev–Trinajstić information content (AvgIpc) is 3.89. The van der Waals surface area contributed by atoms with Crippen LogP contribution in [0.3, 0.4) is 0 Å². The van der Waals surface area contributed by atoms with E-state index in [9.17, 15) is 13.6 Å². The Morgan fingerprint density at radius 2 is 1.69 bits per heavy atom. The van der Waals surface area contributed by atoms with E-state index in [1.807, 2.05) is 37.3 Å². The first-order valence-corrected chi connectivity index (χ1v) is 17.7. The van der Waals surface area contributed by atoms with Gasteiger partial charge in [-0.3, -0.25) is 4.79 Å². The number of carbonyl (C=O) groups excluding carboxylic acids is 1. The predicted molar refractivity (Wildman–Crippen MR) is 195 cm³/mol. The van der Waals surface area contributed by atoms with Crippen LogP contribution >= 0.6 is 0 Å². The van der Waals surface area contributed by atoms with E-state index in [4.69, 9.17) is 23.6 Å². The maximum atomic E-state index is 14.7. The van der Waals surface area contributed by atoms with Gasteiger partial charge >= 0.3 is 0 Å². The number of ether oxygens (including phenoxy) is 3. The summed E-state index contributed by atoms with van der Waals surface area (Å²) in [6, 6.07) is 19.8. The van der Waals surface area contributed by atoms with Gasteiger partial charge in [-0.25, -0.2) is 13.8 Å². The first-order valence-electron chi connectivity index (χ1n) is 17.7. The first kappa shape index (κ1) is 35.3. The third-order valence-corrected chi connectivity index (χ3v) is 10.7. The van der Waals surface area contributed by atoms with E-state index in [-0.39, 0.29) is 11.9 Å². The number of anilines is 1. The van der Waals surface area contributed by atoms with Gasteiger partial charge in [0, 0.05) is 43.2 Å². The molecule has 0 aliphatic carbocycles. The lowest BCUT2D eigenvalue weighted by Gasteiger charge is -2.36. The zero-order chi connectivity index (χ0) is 36.4. The molecule has 2 aliphatic rings. The normalized spacial score (nSPS) is 18.2. The fourth-order valence-corrected chi connectivity index (χ4v) is 7.77. The van der Waals surface area contributed by atoms with Gasteiger partial charge in [0.05, 0.1) is 38.9 Å². The highest BCUT2D eigenvalue weighted by molar-refractivity contribution is 5.96. The van der Waals surface area contributed by atoms with Crippen molar-refractivity contribution in [2.45, 2.75) is 50.6 Å². The van der Waals surface area contributed by atoms with Crippen LogP contribution < -0.4 is 19.5 Å². The molecule has 2 saturated heterocycles. The molecule has 4 heterocycles. The number of nitrogens with one attached hydrogen (secondary N) is 1. The van der Waals surface area contributed by atoms with Gasteiger partial charge in [0.1, 0.15) is 11.5 Å². The standard InChI is InChI=1S/C40H45F2N5O5/c1-26-9-11-30(52-26)24-47-34-8-6-5-7-33(34)44-39(47)43-29-13-17-45(18-14-29)19-15-40(28-10-12-31(41)32(42)23-28)16-20-46(25-40)38(48)27-21-35(49-2)37(51-4)36(22-27)50-3/h5-12,21-23,29H,13-20,24-25H2,1-4H3,(H,43,44). The van der Waals surface area contributed by atoms with E-state index in [2.05, 4.69) is 20.9 Å². The molecule has 3 aromatic carbocycles. The molecule has 1 atom stereocenters. The summed E-state index contributed by atoms with van der Waals surface area (Å²) in [6.07, 6.45) is 3.16. The van der Waals surface area contributed by atoms with Gasteiger partial charge in [-0.2, -0.15) is 0 Å². The van der Waals surface area contributed by atoms with Crippen molar-refractivity contribution in [3.63, 3.8) is 0 Å². The molecule has 1 amide bonds. The molecular weight excluding hydrogens is 668 g/mol. The summed E-state index contributed by atoms with van der Waals surface area (Å²) in [5.74, 6) is 1.81. The molecule has 2 aliphatic heterocycles. The van der Waals surface area contributed by atoms with E-state index in [0.29, 0.717) is 60.9 Å². The monoisotopic (exact) mass is 713 g/mol. The molecule has 7 rings (SSSR count). The van der Waals surface area contributed by atoms with Crippen molar-refractivity contribution >= 4 is 22.9 Å². The number of likely N-dealkylation sites (tertiary alicyclic amines) is 2. The van der Waals surface area contributed by atoms with Gasteiger partial charge in [-0.05, 0) is 93.2 Å². The number of para-hydroxylation sites is 2. The molecule has 0 spiro atoms. The third kappa shape index (κ3) is 7.04. The van der Waals surface area contributed by atoms with Crippen LogP contribution in [0.2, 0.25) is 0 Å². The van der Waals surface area contributed by atoms with Crippen molar-refractivity contribution in [3.05, 3.63) is 101 Å². The number of aromatic nitrogens is 2. The van der Waals surface area contributed by atoms with Crippen LogP contribution in [0.1, 0.15) is 53.1 Å². The predicted octanol–water partition coefficient (Wildman–Crippen LogP) is 7.04. The summed E-state index contributed by atoms with van der Waals surface area (Å²) < 4.78 is 53.3. The minimum atomic E-state index is -0.885. The number of piperidine rings is 1. The Labute approximate surface area is 302 Å². The molecule has 0 bridgehead atoms. The third-order valence-electron chi connectivity index (χ3n) is 10.7. The van der Waals surface area contributed by atoms with Crippen molar-refractivity contribution in [2.24, 2.45) is 0 Å². The van der Waals surface area contributed by atoms with Crippen LogP contribution in [0, 0.1) is 18.6 Å². The Hall–Kier alpha value is -5.10. The SMILES string of the molecule is COc1cc(C(=O)N2CCC(CCN3CCC(Nc4nc5ccccc5n4Cc4ccc(C)o4)CC3)(c3ccc(F)c(F)c3)C2)cc(OC)c1OC. The Morgan fingerprint density at radius 3 is 2.37 bits per heavy atom. The van der Waals surface area contributed by atoms with Crippen molar-refractivity contribution < 1.29 is 32.2 Å². The number of aryl methyl sites for hydroxylation is 1.